The van der Waals surface area contributed by atoms with Crippen LogP contribution in [0.3, 0.4) is 0 Å². The van der Waals surface area contributed by atoms with Gasteiger partial charge in [-0.15, -0.1) is 0 Å². The van der Waals surface area contributed by atoms with Gasteiger partial charge >= 0.3 is 0 Å². The summed E-state index contributed by atoms with van der Waals surface area (Å²) in [5.74, 6) is 1.30. The summed E-state index contributed by atoms with van der Waals surface area (Å²) in [7, 11) is 0. The average molecular weight is 285 g/mol. The molecule has 0 bridgehead atoms. The highest BCUT2D eigenvalue weighted by Gasteiger charge is 2.13. The van der Waals surface area contributed by atoms with Gasteiger partial charge in [-0.1, -0.05) is 0 Å². The number of hydrogen-bond donors (Lipinski definition) is 3. The minimum absolute atomic E-state index is 0.552. The Morgan fingerprint density at radius 3 is 3.00 bits per heavy atom. The van der Waals surface area contributed by atoms with E-state index in [1.165, 1.54) is 12.8 Å². The summed E-state index contributed by atoms with van der Waals surface area (Å²) in [6.07, 6.45) is 4.22. The van der Waals surface area contributed by atoms with E-state index in [9.17, 15) is 0 Å². The molecule has 0 atom stereocenters. The second kappa shape index (κ2) is 5.50. The van der Waals surface area contributed by atoms with Crippen molar-refractivity contribution in [3.63, 3.8) is 0 Å². The Morgan fingerprint density at radius 2 is 2.25 bits per heavy atom. The molecule has 1 aliphatic rings. The van der Waals surface area contributed by atoms with Gasteiger partial charge in [0.15, 0.2) is 0 Å². The van der Waals surface area contributed by atoms with Crippen LogP contribution in [-0.2, 0) is 0 Å². The first-order chi connectivity index (χ1) is 7.75. The van der Waals surface area contributed by atoms with Gasteiger partial charge in [-0.3, -0.25) is 0 Å². The van der Waals surface area contributed by atoms with Gasteiger partial charge in [0.2, 0.25) is 0 Å². The molecule has 1 saturated heterocycles. The van der Waals surface area contributed by atoms with Crippen LogP contribution in [0.2, 0.25) is 0 Å². The van der Waals surface area contributed by atoms with E-state index in [1.54, 1.807) is 6.20 Å². The summed E-state index contributed by atoms with van der Waals surface area (Å²) in [5.41, 5.74) is 6.69. The molecule has 2 rings (SSSR count). The third-order valence-corrected chi connectivity index (χ3v) is 3.55. The Kier molecular flexibility index (Phi) is 4.01. The zero-order valence-electron chi connectivity index (χ0n) is 9.17. The van der Waals surface area contributed by atoms with Gasteiger partial charge in [0.05, 0.1) is 10.2 Å². The van der Waals surface area contributed by atoms with E-state index < -0.39 is 0 Å². The lowest BCUT2D eigenvalue weighted by molar-refractivity contribution is 0.390. The second-order valence-electron chi connectivity index (χ2n) is 4.16. The number of pyridine rings is 1. The smallest absolute Gasteiger partial charge is 0.125 e. The lowest BCUT2D eigenvalue weighted by Crippen LogP contribution is -2.31. The van der Waals surface area contributed by atoms with E-state index in [0.717, 1.165) is 35.7 Å². The molecule has 0 unspecified atom stereocenters. The number of piperidine rings is 1. The van der Waals surface area contributed by atoms with Gasteiger partial charge < -0.3 is 16.4 Å². The number of hydrogen-bond acceptors (Lipinski definition) is 4. The Hall–Kier alpha value is -0.810. The fourth-order valence-electron chi connectivity index (χ4n) is 1.93. The van der Waals surface area contributed by atoms with Crippen molar-refractivity contribution in [2.45, 2.75) is 12.8 Å². The molecule has 88 valence electrons. The maximum atomic E-state index is 5.65. The summed E-state index contributed by atoms with van der Waals surface area (Å²) in [6.45, 7) is 3.27. The molecular formula is C11H17BrN4. The summed E-state index contributed by atoms with van der Waals surface area (Å²) in [4.78, 5) is 4.02. The molecule has 0 radical (unpaired) electrons. The van der Waals surface area contributed by atoms with E-state index in [1.807, 2.05) is 6.07 Å². The van der Waals surface area contributed by atoms with Crippen molar-refractivity contribution >= 4 is 27.4 Å². The van der Waals surface area contributed by atoms with Crippen LogP contribution >= 0.6 is 15.9 Å². The van der Waals surface area contributed by atoms with E-state index in [2.05, 4.69) is 31.5 Å². The first-order valence-corrected chi connectivity index (χ1v) is 6.40. The van der Waals surface area contributed by atoms with Crippen LogP contribution < -0.4 is 16.4 Å². The number of aromatic nitrogens is 1. The minimum atomic E-state index is 0.552. The van der Waals surface area contributed by atoms with Crippen LogP contribution in [0.4, 0.5) is 11.5 Å². The quantitative estimate of drug-likeness (QED) is 0.793. The third kappa shape index (κ3) is 3.09. The molecule has 16 heavy (non-hydrogen) atoms. The lowest BCUT2D eigenvalue weighted by atomic mass is 9.98. The van der Waals surface area contributed by atoms with Crippen molar-refractivity contribution in [2.24, 2.45) is 5.92 Å². The van der Waals surface area contributed by atoms with Crippen LogP contribution in [0, 0.1) is 5.92 Å². The number of nitrogens with one attached hydrogen (secondary N) is 2. The average Bonchev–Trinajstić information content (AvgIpc) is 2.32. The fraction of sp³-hybridized carbons (Fsp3) is 0.545. The van der Waals surface area contributed by atoms with E-state index >= 15 is 0 Å². The molecule has 0 amide bonds. The second-order valence-corrected chi connectivity index (χ2v) is 5.02. The van der Waals surface area contributed by atoms with Crippen molar-refractivity contribution in [3.8, 4) is 0 Å². The third-order valence-electron chi connectivity index (χ3n) is 2.92. The summed E-state index contributed by atoms with van der Waals surface area (Å²) < 4.78 is 0.968. The molecule has 1 fully saturated rings. The highest BCUT2D eigenvalue weighted by atomic mass is 79.9. The summed E-state index contributed by atoms with van der Waals surface area (Å²) in [6, 6.07) is 1.87. The van der Waals surface area contributed by atoms with Crippen molar-refractivity contribution in [1.29, 1.82) is 0 Å². The van der Waals surface area contributed by atoms with Gasteiger partial charge in [0, 0.05) is 18.8 Å². The Balaban J connectivity index is 1.90. The van der Waals surface area contributed by atoms with Crippen LogP contribution in [0.25, 0.3) is 0 Å². The molecular weight excluding hydrogens is 268 g/mol. The fourth-order valence-corrected chi connectivity index (χ4v) is 2.29. The topological polar surface area (TPSA) is 63.0 Å². The zero-order chi connectivity index (χ0) is 11.4. The number of halogens is 1. The zero-order valence-corrected chi connectivity index (χ0v) is 10.8. The molecule has 1 aromatic rings. The van der Waals surface area contributed by atoms with Gasteiger partial charge in [0.25, 0.3) is 0 Å². The number of nitrogens with two attached hydrogens (primary N) is 1. The Labute approximate surface area is 104 Å². The minimum Gasteiger partial charge on any atom is -0.384 e. The lowest BCUT2D eigenvalue weighted by Gasteiger charge is -2.23. The first-order valence-electron chi connectivity index (χ1n) is 5.61. The summed E-state index contributed by atoms with van der Waals surface area (Å²) in [5, 5.41) is 6.80. The van der Waals surface area contributed by atoms with Gasteiger partial charge in [-0.2, -0.15) is 0 Å². The number of nitrogen functional groups attached to an aromatic ring is 1. The molecule has 4 N–H and O–H groups in total. The summed E-state index contributed by atoms with van der Waals surface area (Å²) >= 11 is 3.46. The molecule has 0 aromatic carbocycles. The molecule has 2 heterocycles. The molecule has 0 aliphatic carbocycles. The molecule has 1 aromatic heterocycles. The Bertz CT molecular complexity index is 350. The van der Waals surface area contributed by atoms with Crippen molar-refractivity contribution in [3.05, 3.63) is 16.7 Å². The van der Waals surface area contributed by atoms with Crippen LogP contribution in [0.5, 0.6) is 0 Å². The Morgan fingerprint density at radius 1 is 1.50 bits per heavy atom. The highest BCUT2D eigenvalue weighted by molar-refractivity contribution is 9.10. The molecule has 5 heteroatoms. The van der Waals surface area contributed by atoms with Crippen LogP contribution in [-0.4, -0.2) is 24.6 Å². The van der Waals surface area contributed by atoms with E-state index in [4.69, 9.17) is 5.73 Å². The predicted molar refractivity (Wildman–Crippen MR) is 70.4 cm³/mol. The van der Waals surface area contributed by atoms with E-state index in [0.29, 0.717) is 5.82 Å². The largest absolute Gasteiger partial charge is 0.384 e. The van der Waals surface area contributed by atoms with E-state index in [-0.39, 0.29) is 0 Å². The monoisotopic (exact) mass is 284 g/mol. The molecule has 0 saturated carbocycles. The normalized spacial score (nSPS) is 17.3. The maximum Gasteiger partial charge on any atom is 0.125 e. The SMILES string of the molecule is Nc1cc(NCC2CCNCC2)c(Br)cn1. The van der Waals surface area contributed by atoms with Crippen LogP contribution in [0.15, 0.2) is 16.7 Å². The maximum absolute atomic E-state index is 5.65. The molecule has 1 aliphatic heterocycles. The van der Waals surface area contributed by atoms with Gasteiger partial charge in [-0.05, 0) is 47.8 Å². The standard InChI is InChI=1S/C11H17BrN4/c12-9-7-16-11(13)5-10(9)15-6-8-1-3-14-4-2-8/h5,7-8,14H,1-4,6H2,(H3,13,15,16). The van der Waals surface area contributed by atoms with Crippen LogP contribution in [0.1, 0.15) is 12.8 Å². The number of rotatable bonds is 3. The van der Waals surface area contributed by atoms with Gasteiger partial charge in [0.1, 0.15) is 5.82 Å². The van der Waals surface area contributed by atoms with Crippen molar-refractivity contribution < 1.29 is 0 Å². The predicted octanol–water partition coefficient (Wildman–Crippen LogP) is 1.84. The number of nitrogens with zero attached hydrogens (tertiary/aromatic N) is 1. The first kappa shape index (κ1) is 11.7. The van der Waals surface area contributed by atoms with Crippen molar-refractivity contribution in [2.75, 3.05) is 30.7 Å². The van der Waals surface area contributed by atoms with Crippen molar-refractivity contribution in [1.82, 2.24) is 10.3 Å². The van der Waals surface area contributed by atoms with Gasteiger partial charge in [-0.25, -0.2) is 4.98 Å². The highest BCUT2D eigenvalue weighted by Crippen LogP contribution is 2.23. The number of anilines is 2. The molecule has 0 spiro atoms. The molecule has 4 nitrogen and oxygen atoms in total.